The monoisotopic (exact) mass is 304 g/mol. The van der Waals surface area contributed by atoms with Crippen molar-refractivity contribution in [3.05, 3.63) is 12.7 Å². The van der Waals surface area contributed by atoms with E-state index < -0.39 is 15.0 Å². The molecule has 0 N–H and O–H groups in total. The third kappa shape index (κ3) is 7.19. The van der Waals surface area contributed by atoms with Crippen LogP contribution in [0.15, 0.2) is 12.7 Å². The lowest BCUT2D eigenvalue weighted by atomic mass is 10.2. The molecule has 5 nitrogen and oxygen atoms in total. The fourth-order valence-corrected chi connectivity index (χ4v) is 3.84. The van der Waals surface area contributed by atoms with Crippen molar-refractivity contribution in [3.8, 4) is 0 Å². The lowest BCUT2D eigenvalue weighted by Gasteiger charge is -2.30. The number of hydrogen-bond acceptors (Lipinski definition) is 5. The Morgan fingerprint density at radius 1 is 1.10 bits per heavy atom. The van der Waals surface area contributed by atoms with Crippen LogP contribution < -0.4 is 0 Å². The third-order valence-electron chi connectivity index (χ3n) is 2.58. The summed E-state index contributed by atoms with van der Waals surface area (Å²) in [7, 11) is -3.45. The first kappa shape index (κ1) is 19.3. The smallest absolute Gasteiger partial charge is 0.449 e. The van der Waals surface area contributed by atoms with E-state index in [1.54, 1.807) is 0 Å². The van der Waals surface area contributed by atoms with Crippen LogP contribution in [0, 0.1) is 0 Å². The minimum absolute atomic E-state index is 0.0482. The van der Waals surface area contributed by atoms with E-state index in [1.807, 2.05) is 27.7 Å². The zero-order chi connectivity index (χ0) is 15.4. The van der Waals surface area contributed by atoms with Gasteiger partial charge in [0.1, 0.15) is 0 Å². The summed E-state index contributed by atoms with van der Waals surface area (Å²) < 4.78 is 22.6. The summed E-state index contributed by atoms with van der Waals surface area (Å²) in [6.45, 7) is 12.3. The van der Waals surface area contributed by atoms with Crippen LogP contribution >= 0.6 is 0 Å². The largest absolute Gasteiger partial charge is 0.752 e. The molecular weight excluding hydrogens is 276 g/mol. The second kappa shape index (κ2) is 11.0. The van der Waals surface area contributed by atoms with Crippen molar-refractivity contribution < 1.29 is 22.5 Å². The molecule has 0 unspecified atom stereocenters. The summed E-state index contributed by atoms with van der Waals surface area (Å²) >= 11 is 0. The molecule has 0 radical (unpaired) electrons. The highest BCUT2D eigenvalue weighted by molar-refractivity contribution is 6.55. The molecule has 0 aliphatic heterocycles. The molecule has 0 heterocycles. The van der Waals surface area contributed by atoms with E-state index in [9.17, 15) is 4.79 Å². The van der Waals surface area contributed by atoms with Gasteiger partial charge in [-0.3, -0.25) is 0 Å². The van der Waals surface area contributed by atoms with Gasteiger partial charge in [0.05, 0.1) is 6.10 Å². The Hall–Kier alpha value is -0.693. The average molecular weight is 304 g/mol. The summed E-state index contributed by atoms with van der Waals surface area (Å²) in [6.07, 6.45) is 4.25. The van der Waals surface area contributed by atoms with Gasteiger partial charge in [0.25, 0.3) is 0 Å². The molecule has 0 amide bonds. The van der Waals surface area contributed by atoms with Gasteiger partial charge in [0.15, 0.2) is 0 Å². The SMILES string of the molecule is C=CC(=O)O[Si](OCCC)(OCCC)OC(CC)CC. The molecule has 0 atom stereocenters. The Morgan fingerprint density at radius 3 is 1.95 bits per heavy atom. The van der Waals surface area contributed by atoms with Crippen LogP contribution in [-0.4, -0.2) is 34.3 Å². The van der Waals surface area contributed by atoms with Gasteiger partial charge in [-0.25, -0.2) is 4.79 Å². The van der Waals surface area contributed by atoms with E-state index in [0.717, 1.165) is 31.8 Å². The second-order valence-electron chi connectivity index (χ2n) is 4.38. The molecule has 0 saturated carbocycles. The quantitative estimate of drug-likeness (QED) is 0.409. The molecule has 0 saturated heterocycles. The number of hydrogen-bond donors (Lipinski definition) is 0. The van der Waals surface area contributed by atoms with E-state index in [1.165, 1.54) is 0 Å². The van der Waals surface area contributed by atoms with Crippen molar-refractivity contribution in [1.82, 2.24) is 0 Å². The molecule has 20 heavy (non-hydrogen) atoms. The Labute approximate surface area is 123 Å². The van der Waals surface area contributed by atoms with Crippen LogP contribution in [-0.2, 0) is 22.5 Å². The Morgan fingerprint density at radius 2 is 1.60 bits per heavy atom. The normalized spacial score (nSPS) is 11.7. The van der Waals surface area contributed by atoms with Gasteiger partial charge in [-0.15, -0.1) is 0 Å². The van der Waals surface area contributed by atoms with Crippen molar-refractivity contribution in [2.75, 3.05) is 13.2 Å². The van der Waals surface area contributed by atoms with Gasteiger partial charge in [-0.05, 0) is 25.7 Å². The van der Waals surface area contributed by atoms with E-state index >= 15 is 0 Å². The van der Waals surface area contributed by atoms with Crippen LogP contribution in [0.4, 0.5) is 0 Å². The van der Waals surface area contributed by atoms with E-state index in [4.69, 9.17) is 17.7 Å². The van der Waals surface area contributed by atoms with Gasteiger partial charge in [0, 0.05) is 19.3 Å². The van der Waals surface area contributed by atoms with Gasteiger partial charge in [-0.1, -0.05) is 34.3 Å². The van der Waals surface area contributed by atoms with Crippen LogP contribution in [0.3, 0.4) is 0 Å². The number of rotatable bonds is 12. The number of carbonyl (C=O) groups is 1. The lowest BCUT2D eigenvalue weighted by molar-refractivity contribution is -0.141. The minimum atomic E-state index is -3.45. The average Bonchev–Trinajstić information content (AvgIpc) is 2.48. The first-order chi connectivity index (χ1) is 9.57. The molecule has 0 aromatic carbocycles. The first-order valence-electron chi connectivity index (χ1n) is 7.38. The van der Waals surface area contributed by atoms with Crippen LogP contribution in [0.2, 0.25) is 0 Å². The standard InChI is InChI=1S/C14H28O5Si/c1-6-11-16-20(17-12-7-2,19-14(15)10-5)18-13(8-3)9-4/h10,13H,5-9,11-12H2,1-4H3. The van der Waals surface area contributed by atoms with Gasteiger partial charge >= 0.3 is 15.0 Å². The molecule has 0 aromatic rings. The lowest BCUT2D eigenvalue weighted by Crippen LogP contribution is -2.52. The minimum Gasteiger partial charge on any atom is -0.449 e. The zero-order valence-corrected chi connectivity index (χ0v) is 14.1. The molecule has 0 aromatic heterocycles. The predicted molar refractivity (Wildman–Crippen MR) is 80.0 cm³/mol. The zero-order valence-electron chi connectivity index (χ0n) is 13.1. The van der Waals surface area contributed by atoms with E-state index in [-0.39, 0.29) is 6.10 Å². The fourth-order valence-electron chi connectivity index (χ4n) is 1.47. The maximum atomic E-state index is 11.6. The first-order valence-corrected chi connectivity index (χ1v) is 9.01. The van der Waals surface area contributed by atoms with Gasteiger partial charge in [0.2, 0.25) is 0 Å². The molecule has 118 valence electrons. The summed E-state index contributed by atoms with van der Waals surface area (Å²) in [4.78, 5) is 11.6. The molecule has 0 bridgehead atoms. The maximum Gasteiger partial charge on any atom is 0.752 e. The molecular formula is C14H28O5Si. The topological polar surface area (TPSA) is 54.0 Å². The maximum absolute atomic E-state index is 11.6. The van der Waals surface area contributed by atoms with E-state index in [2.05, 4.69) is 6.58 Å². The van der Waals surface area contributed by atoms with Crippen molar-refractivity contribution in [3.63, 3.8) is 0 Å². The third-order valence-corrected chi connectivity index (χ3v) is 4.77. The molecule has 0 fully saturated rings. The summed E-state index contributed by atoms with van der Waals surface area (Å²) in [5.74, 6) is -0.574. The Bertz CT molecular complexity index is 271. The van der Waals surface area contributed by atoms with Crippen LogP contribution in [0.25, 0.3) is 0 Å². The second-order valence-corrected chi connectivity index (χ2v) is 6.40. The Kier molecular flexibility index (Phi) is 10.6. The fraction of sp³-hybridized carbons (Fsp3) is 0.786. The highest BCUT2D eigenvalue weighted by Crippen LogP contribution is 2.19. The highest BCUT2D eigenvalue weighted by atomic mass is 28.4. The van der Waals surface area contributed by atoms with Crippen molar-refractivity contribution >= 4 is 15.0 Å². The summed E-state index contributed by atoms with van der Waals surface area (Å²) in [5.41, 5.74) is 0. The summed E-state index contributed by atoms with van der Waals surface area (Å²) in [5, 5.41) is 0. The van der Waals surface area contributed by atoms with Gasteiger partial charge in [-0.2, -0.15) is 0 Å². The van der Waals surface area contributed by atoms with Crippen LogP contribution in [0.5, 0.6) is 0 Å². The van der Waals surface area contributed by atoms with Crippen molar-refractivity contribution in [2.45, 2.75) is 59.5 Å². The number of carbonyl (C=O) groups excluding carboxylic acids is 1. The molecule has 0 aliphatic carbocycles. The Balaban J connectivity index is 5.04. The molecule has 0 aliphatic rings. The van der Waals surface area contributed by atoms with Crippen LogP contribution in [0.1, 0.15) is 53.4 Å². The summed E-state index contributed by atoms with van der Waals surface area (Å²) in [6, 6.07) is 0. The highest BCUT2D eigenvalue weighted by Gasteiger charge is 2.51. The molecule has 0 rings (SSSR count). The van der Waals surface area contributed by atoms with E-state index in [0.29, 0.717) is 13.2 Å². The van der Waals surface area contributed by atoms with Crippen molar-refractivity contribution in [1.29, 1.82) is 0 Å². The molecule has 6 heteroatoms. The van der Waals surface area contributed by atoms with Gasteiger partial charge < -0.3 is 17.7 Å². The van der Waals surface area contributed by atoms with Crippen molar-refractivity contribution in [2.24, 2.45) is 0 Å². The molecule has 0 spiro atoms. The predicted octanol–water partition coefficient (Wildman–Crippen LogP) is 3.21.